The highest BCUT2D eigenvalue weighted by Crippen LogP contribution is 2.30. The lowest BCUT2D eigenvalue weighted by Crippen LogP contribution is -2.52. The first-order chi connectivity index (χ1) is 9.36. The summed E-state index contributed by atoms with van der Waals surface area (Å²) < 4.78 is 0. The predicted molar refractivity (Wildman–Crippen MR) is 76.2 cm³/mol. The minimum atomic E-state index is -0.931. The van der Waals surface area contributed by atoms with E-state index in [-0.39, 0.29) is 5.91 Å². The van der Waals surface area contributed by atoms with Crippen molar-refractivity contribution in [1.82, 2.24) is 4.90 Å². The Balaban J connectivity index is 2.36. The average molecular weight is 275 g/mol. The Labute approximate surface area is 119 Å². The smallest absolute Gasteiger partial charge is 0.326 e. The third kappa shape index (κ3) is 2.55. The zero-order valence-electron chi connectivity index (χ0n) is 12.2. The number of carbonyl (C=O) groups excluding carboxylic acids is 1. The Hall–Kier alpha value is -1.84. The summed E-state index contributed by atoms with van der Waals surface area (Å²) in [6, 6.07) is 6.98. The molecule has 1 amide bonds. The second kappa shape index (κ2) is 5.27. The molecule has 108 valence electrons. The molecule has 0 spiro atoms. The maximum absolute atomic E-state index is 12.6. The number of hydrogen-bond donors (Lipinski definition) is 1. The molecule has 0 radical (unpaired) electrons. The maximum Gasteiger partial charge on any atom is 0.326 e. The van der Waals surface area contributed by atoms with Crippen LogP contribution in [0.2, 0.25) is 0 Å². The van der Waals surface area contributed by atoms with Gasteiger partial charge in [0.05, 0.1) is 0 Å². The largest absolute Gasteiger partial charge is 0.480 e. The van der Waals surface area contributed by atoms with Crippen molar-refractivity contribution in [3.63, 3.8) is 0 Å². The Morgan fingerprint density at radius 1 is 1.30 bits per heavy atom. The number of fused-ring (bicyclic) bond motifs is 1. The van der Waals surface area contributed by atoms with E-state index in [9.17, 15) is 14.7 Å². The van der Waals surface area contributed by atoms with E-state index >= 15 is 0 Å². The molecule has 2 rings (SSSR count). The molecule has 0 aliphatic carbocycles. The van der Waals surface area contributed by atoms with Crippen molar-refractivity contribution < 1.29 is 14.7 Å². The minimum absolute atomic E-state index is 0.0816. The molecule has 1 atom stereocenters. The minimum Gasteiger partial charge on any atom is -0.480 e. The number of carboxylic acid groups (broad SMARTS) is 1. The summed E-state index contributed by atoms with van der Waals surface area (Å²) in [4.78, 5) is 25.7. The molecule has 4 heteroatoms. The second-order valence-corrected chi connectivity index (χ2v) is 6.00. The molecule has 1 heterocycles. The SMILES string of the molecule is CCC(C)(C)C(=O)N1Cc2ccccc2C[C@@H]1C(=O)O. The van der Waals surface area contributed by atoms with Gasteiger partial charge in [-0.1, -0.05) is 45.0 Å². The van der Waals surface area contributed by atoms with E-state index in [4.69, 9.17) is 0 Å². The standard InChI is InChI=1S/C16H21NO3/c1-4-16(2,3)15(20)17-10-12-8-6-5-7-11(12)9-13(17)14(18)19/h5-8,13H,4,9-10H2,1-3H3,(H,18,19)/t13-/m1/s1. The number of benzene rings is 1. The van der Waals surface area contributed by atoms with Crippen LogP contribution in [0.1, 0.15) is 38.3 Å². The van der Waals surface area contributed by atoms with Crippen LogP contribution in [0.15, 0.2) is 24.3 Å². The molecular formula is C16H21NO3. The predicted octanol–water partition coefficient (Wildman–Crippen LogP) is 2.46. The van der Waals surface area contributed by atoms with Crippen molar-refractivity contribution >= 4 is 11.9 Å². The van der Waals surface area contributed by atoms with Gasteiger partial charge in [0, 0.05) is 18.4 Å². The van der Waals surface area contributed by atoms with Crippen LogP contribution < -0.4 is 0 Å². The van der Waals surface area contributed by atoms with Gasteiger partial charge in [-0.2, -0.15) is 0 Å². The Bertz CT molecular complexity index is 536. The van der Waals surface area contributed by atoms with Gasteiger partial charge in [0.2, 0.25) is 5.91 Å². The topological polar surface area (TPSA) is 57.6 Å². The van der Waals surface area contributed by atoms with E-state index in [1.54, 1.807) is 0 Å². The van der Waals surface area contributed by atoms with Crippen molar-refractivity contribution in [3.05, 3.63) is 35.4 Å². The van der Waals surface area contributed by atoms with Gasteiger partial charge >= 0.3 is 5.97 Å². The van der Waals surface area contributed by atoms with Crippen molar-refractivity contribution in [1.29, 1.82) is 0 Å². The van der Waals surface area contributed by atoms with Crippen LogP contribution in [0.25, 0.3) is 0 Å². The summed E-state index contributed by atoms with van der Waals surface area (Å²) in [5.41, 5.74) is 1.54. The molecule has 1 N–H and O–H groups in total. The lowest BCUT2D eigenvalue weighted by Gasteiger charge is -2.38. The third-order valence-corrected chi connectivity index (χ3v) is 4.26. The molecular weight excluding hydrogens is 254 g/mol. The molecule has 0 fully saturated rings. The molecule has 1 aliphatic rings. The van der Waals surface area contributed by atoms with Gasteiger partial charge in [-0.3, -0.25) is 4.79 Å². The zero-order chi connectivity index (χ0) is 14.9. The van der Waals surface area contributed by atoms with Crippen molar-refractivity contribution in [2.45, 2.75) is 46.2 Å². The normalized spacial score (nSPS) is 18.6. The summed E-state index contributed by atoms with van der Waals surface area (Å²) in [7, 11) is 0. The Morgan fingerprint density at radius 2 is 1.90 bits per heavy atom. The molecule has 0 saturated carbocycles. The number of aliphatic carboxylic acids is 1. The number of amides is 1. The van der Waals surface area contributed by atoms with Gasteiger partial charge in [0.25, 0.3) is 0 Å². The van der Waals surface area contributed by atoms with Crippen LogP contribution in [0.3, 0.4) is 0 Å². The molecule has 0 aromatic heterocycles. The first-order valence-electron chi connectivity index (χ1n) is 6.97. The molecule has 1 aliphatic heterocycles. The van der Waals surface area contributed by atoms with E-state index in [1.807, 2.05) is 45.0 Å². The summed E-state index contributed by atoms with van der Waals surface area (Å²) in [6.07, 6.45) is 1.08. The van der Waals surface area contributed by atoms with Crippen molar-refractivity contribution in [3.8, 4) is 0 Å². The summed E-state index contributed by atoms with van der Waals surface area (Å²) in [5, 5.41) is 9.43. The van der Waals surface area contributed by atoms with Gasteiger partial charge in [0.15, 0.2) is 0 Å². The van der Waals surface area contributed by atoms with E-state index in [0.29, 0.717) is 19.4 Å². The Kier molecular flexibility index (Phi) is 3.84. The molecule has 1 aromatic carbocycles. The van der Waals surface area contributed by atoms with Gasteiger partial charge in [0.1, 0.15) is 6.04 Å². The van der Waals surface area contributed by atoms with Crippen LogP contribution in [-0.4, -0.2) is 27.9 Å². The number of hydrogen-bond acceptors (Lipinski definition) is 2. The number of rotatable bonds is 3. The van der Waals surface area contributed by atoms with Crippen molar-refractivity contribution in [2.24, 2.45) is 5.41 Å². The van der Waals surface area contributed by atoms with Crippen LogP contribution >= 0.6 is 0 Å². The highest BCUT2D eigenvalue weighted by Gasteiger charge is 2.39. The van der Waals surface area contributed by atoms with Gasteiger partial charge in [-0.05, 0) is 17.5 Å². The van der Waals surface area contributed by atoms with Crippen LogP contribution in [-0.2, 0) is 22.6 Å². The zero-order valence-corrected chi connectivity index (χ0v) is 12.2. The molecule has 0 unspecified atom stereocenters. The van der Waals surface area contributed by atoms with E-state index in [0.717, 1.165) is 11.1 Å². The first-order valence-corrected chi connectivity index (χ1v) is 6.97. The highest BCUT2D eigenvalue weighted by atomic mass is 16.4. The second-order valence-electron chi connectivity index (χ2n) is 6.00. The van der Waals surface area contributed by atoms with E-state index < -0.39 is 17.4 Å². The monoisotopic (exact) mass is 275 g/mol. The van der Waals surface area contributed by atoms with Crippen LogP contribution in [0.5, 0.6) is 0 Å². The highest BCUT2D eigenvalue weighted by molar-refractivity contribution is 5.87. The molecule has 4 nitrogen and oxygen atoms in total. The lowest BCUT2D eigenvalue weighted by molar-refractivity contribution is -0.156. The Morgan fingerprint density at radius 3 is 2.45 bits per heavy atom. The van der Waals surface area contributed by atoms with Crippen LogP contribution in [0.4, 0.5) is 0 Å². The number of carboxylic acids is 1. The summed E-state index contributed by atoms with van der Waals surface area (Å²) >= 11 is 0. The number of carbonyl (C=O) groups is 2. The van der Waals surface area contributed by atoms with Gasteiger partial charge in [-0.25, -0.2) is 4.79 Å². The van der Waals surface area contributed by atoms with E-state index in [2.05, 4.69) is 0 Å². The maximum atomic E-state index is 12.6. The quantitative estimate of drug-likeness (QED) is 0.922. The molecule has 0 saturated heterocycles. The van der Waals surface area contributed by atoms with Crippen LogP contribution in [0, 0.1) is 5.41 Å². The number of nitrogens with zero attached hydrogens (tertiary/aromatic N) is 1. The molecule has 20 heavy (non-hydrogen) atoms. The van der Waals surface area contributed by atoms with E-state index in [1.165, 1.54) is 4.90 Å². The third-order valence-electron chi connectivity index (χ3n) is 4.26. The average Bonchev–Trinajstić information content (AvgIpc) is 2.44. The van der Waals surface area contributed by atoms with Gasteiger partial charge in [-0.15, -0.1) is 0 Å². The molecule has 0 bridgehead atoms. The first kappa shape index (κ1) is 14.6. The fraction of sp³-hybridized carbons (Fsp3) is 0.500. The summed E-state index contributed by atoms with van der Waals surface area (Å²) in [5.74, 6) is -1.01. The summed E-state index contributed by atoms with van der Waals surface area (Å²) in [6.45, 7) is 6.07. The van der Waals surface area contributed by atoms with Gasteiger partial charge < -0.3 is 10.0 Å². The fourth-order valence-electron chi connectivity index (χ4n) is 2.50. The fourth-order valence-corrected chi connectivity index (χ4v) is 2.50. The lowest BCUT2D eigenvalue weighted by atomic mass is 9.85. The van der Waals surface area contributed by atoms with Crippen molar-refractivity contribution in [2.75, 3.05) is 0 Å². The molecule has 1 aromatic rings.